The predicted octanol–water partition coefficient (Wildman–Crippen LogP) is 3.70. The van der Waals surface area contributed by atoms with E-state index in [1.54, 1.807) is 0 Å². The molecule has 86 valence electrons. The van der Waals surface area contributed by atoms with Crippen molar-refractivity contribution in [2.45, 2.75) is 31.6 Å². The van der Waals surface area contributed by atoms with Crippen LogP contribution in [0.1, 0.15) is 37.2 Å². The van der Waals surface area contributed by atoms with Gasteiger partial charge < -0.3 is 5.32 Å². The summed E-state index contributed by atoms with van der Waals surface area (Å²) in [7, 11) is 0. The van der Waals surface area contributed by atoms with Crippen molar-refractivity contribution in [2.75, 3.05) is 13.1 Å². The molecule has 1 nitrogen and oxygen atoms in total. The first-order chi connectivity index (χ1) is 7.80. The van der Waals surface area contributed by atoms with Crippen LogP contribution in [-0.4, -0.2) is 13.1 Å². The van der Waals surface area contributed by atoms with Crippen LogP contribution in [0.25, 0.3) is 0 Å². The highest BCUT2D eigenvalue weighted by Gasteiger charge is 2.45. The van der Waals surface area contributed by atoms with Gasteiger partial charge in [-0.2, -0.15) is 0 Å². The Labute approximate surface area is 106 Å². The molecule has 1 aliphatic heterocycles. The summed E-state index contributed by atoms with van der Waals surface area (Å²) in [5.41, 5.74) is 2.16. The molecule has 0 amide bonds. The second-order valence-electron chi connectivity index (χ2n) is 5.27. The van der Waals surface area contributed by atoms with E-state index in [2.05, 4.69) is 45.5 Å². The Kier molecular flexibility index (Phi) is 2.80. The third kappa shape index (κ3) is 1.72. The van der Waals surface area contributed by atoms with Crippen LogP contribution in [0.4, 0.5) is 0 Å². The SMILES string of the molecule is Brc1ccc(C2CNCCC23CCC3)cc1. The number of rotatable bonds is 1. The van der Waals surface area contributed by atoms with Crippen molar-refractivity contribution in [1.82, 2.24) is 5.32 Å². The summed E-state index contributed by atoms with van der Waals surface area (Å²) in [4.78, 5) is 0. The highest BCUT2D eigenvalue weighted by atomic mass is 79.9. The molecule has 0 bridgehead atoms. The summed E-state index contributed by atoms with van der Waals surface area (Å²) in [6, 6.07) is 8.94. The molecule has 1 aliphatic carbocycles. The largest absolute Gasteiger partial charge is 0.316 e. The number of hydrogen-bond donors (Lipinski definition) is 1. The topological polar surface area (TPSA) is 12.0 Å². The molecular weight excluding hydrogens is 262 g/mol. The first-order valence-corrected chi connectivity index (χ1v) is 7.06. The minimum atomic E-state index is 0.638. The molecule has 2 aliphatic rings. The fourth-order valence-electron chi connectivity index (χ4n) is 3.37. The van der Waals surface area contributed by atoms with Gasteiger partial charge >= 0.3 is 0 Å². The molecule has 1 unspecified atom stereocenters. The second-order valence-corrected chi connectivity index (χ2v) is 6.19. The van der Waals surface area contributed by atoms with Crippen LogP contribution in [0.15, 0.2) is 28.7 Å². The highest BCUT2D eigenvalue weighted by Crippen LogP contribution is 2.54. The molecule has 1 aromatic rings. The van der Waals surface area contributed by atoms with E-state index in [9.17, 15) is 0 Å². The summed E-state index contributed by atoms with van der Waals surface area (Å²) >= 11 is 3.51. The first-order valence-electron chi connectivity index (χ1n) is 6.26. The molecule has 0 radical (unpaired) electrons. The lowest BCUT2D eigenvalue weighted by molar-refractivity contribution is 0.0580. The zero-order chi connectivity index (χ0) is 11.0. The van der Waals surface area contributed by atoms with Crippen molar-refractivity contribution in [3.8, 4) is 0 Å². The Morgan fingerprint density at radius 1 is 1.12 bits per heavy atom. The molecule has 2 heteroatoms. The third-order valence-electron chi connectivity index (χ3n) is 4.51. The zero-order valence-corrected chi connectivity index (χ0v) is 11.1. The molecule has 16 heavy (non-hydrogen) atoms. The quantitative estimate of drug-likeness (QED) is 0.827. The highest BCUT2D eigenvalue weighted by molar-refractivity contribution is 9.10. The monoisotopic (exact) mass is 279 g/mol. The summed E-state index contributed by atoms with van der Waals surface area (Å²) in [6.45, 7) is 2.38. The van der Waals surface area contributed by atoms with Gasteiger partial charge in [0.25, 0.3) is 0 Å². The Balaban J connectivity index is 1.89. The van der Waals surface area contributed by atoms with Crippen LogP contribution in [0.3, 0.4) is 0 Å². The van der Waals surface area contributed by atoms with Crippen LogP contribution in [0.5, 0.6) is 0 Å². The number of piperidine rings is 1. The molecule has 3 rings (SSSR count). The first kappa shape index (κ1) is 10.8. The molecule has 1 atom stereocenters. The number of halogens is 1. The molecule has 1 N–H and O–H groups in total. The van der Waals surface area contributed by atoms with Gasteiger partial charge in [-0.3, -0.25) is 0 Å². The molecule has 2 fully saturated rings. The average Bonchev–Trinajstić information content (AvgIpc) is 2.28. The fraction of sp³-hybridized carbons (Fsp3) is 0.571. The van der Waals surface area contributed by atoms with Crippen LogP contribution in [0.2, 0.25) is 0 Å². The minimum absolute atomic E-state index is 0.638. The lowest BCUT2D eigenvalue weighted by Crippen LogP contribution is -2.47. The molecular formula is C14H18BrN. The van der Waals surface area contributed by atoms with Crippen LogP contribution >= 0.6 is 15.9 Å². The van der Waals surface area contributed by atoms with E-state index in [1.807, 2.05) is 0 Å². The van der Waals surface area contributed by atoms with Gasteiger partial charge in [0.2, 0.25) is 0 Å². The Hall–Kier alpha value is -0.340. The van der Waals surface area contributed by atoms with Gasteiger partial charge in [-0.1, -0.05) is 34.5 Å². The van der Waals surface area contributed by atoms with Crippen molar-refractivity contribution in [1.29, 1.82) is 0 Å². The van der Waals surface area contributed by atoms with Gasteiger partial charge in [0.05, 0.1) is 0 Å². The van der Waals surface area contributed by atoms with E-state index < -0.39 is 0 Å². The van der Waals surface area contributed by atoms with Gasteiger partial charge in [-0.05, 0) is 48.9 Å². The molecule has 0 aromatic heterocycles. The minimum Gasteiger partial charge on any atom is -0.316 e. The summed E-state index contributed by atoms with van der Waals surface area (Å²) in [5.74, 6) is 0.739. The predicted molar refractivity (Wildman–Crippen MR) is 70.7 cm³/mol. The molecule has 1 saturated heterocycles. The van der Waals surface area contributed by atoms with Gasteiger partial charge in [-0.25, -0.2) is 0 Å². The third-order valence-corrected chi connectivity index (χ3v) is 5.04. The van der Waals surface area contributed by atoms with Gasteiger partial charge in [0.15, 0.2) is 0 Å². The maximum absolute atomic E-state index is 3.56. The molecule has 1 saturated carbocycles. The number of nitrogens with one attached hydrogen (secondary N) is 1. The summed E-state index contributed by atoms with van der Waals surface area (Å²) in [6.07, 6.45) is 5.69. The van der Waals surface area contributed by atoms with Crippen molar-refractivity contribution < 1.29 is 0 Å². The van der Waals surface area contributed by atoms with Gasteiger partial charge in [-0.15, -0.1) is 0 Å². The van der Waals surface area contributed by atoms with Crippen molar-refractivity contribution in [2.24, 2.45) is 5.41 Å². The van der Waals surface area contributed by atoms with Crippen molar-refractivity contribution in [3.63, 3.8) is 0 Å². The number of hydrogen-bond acceptors (Lipinski definition) is 1. The lowest BCUT2D eigenvalue weighted by atomic mass is 9.56. The summed E-state index contributed by atoms with van der Waals surface area (Å²) in [5, 5.41) is 3.56. The van der Waals surface area contributed by atoms with E-state index in [-0.39, 0.29) is 0 Å². The Morgan fingerprint density at radius 2 is 1.88 bits per heavy atom. The van der Waals surface area contributed by atoms with E-state index in [0.717, 1.165) is 5.92 Å². The standard InChI is InChI=1S/C14H18BrN/c15-12-4-2-11(3-5-12)13-10-16-9-8-14(13)6-1-7-14/h2-5,13,16H,1,6-10H2. The maximum atomic E-state index is 3.56. The average molecular weight is 280 g/mol. The smallest absolute Gasteiger partial charge is 0.0175 e. The lowest BCUT2D eigenvalue weighted by Gasteiger charge is -2.51. The zero-order valence-electron chi connectivity index (χ0n) is 9.51. The van der Waals surface area contributed by atoms with E-state index in [0.29, 0.717) is 5.41 Å². The van der Waals surface area contributed by atoms with Crippen LogP contribution in [0, 0.1) is 5.41 Å². The normalized spacial score (nSPS) is 27.7. The Morgan fingerprint density at radius 3 is 2.50 bits per heavy atom. The van der Waals surface area contributed by atoms with E-state index in [4.69, 9.17) is 0 Å². The van der Waals surface area contributed by atoms with Crippen LogP contribution < -0.4 is 5.32 Å². The van der Waals surface area contributed by atoms with Crippen molar-refractivity contribution >= 4 is 15.9 Å². The molecule has 1 heterocycles. The van der Waals surface area contributed by atoms with E-state index >= 15 is 0 Å². The fourth-order valence-corrected chi connectivity index (χ4v) is 3.63. The second kappa shape index (κ2) is 4.15. The molecule has 1 aromatic carbocycles. The number of benzene rings is 1. The maximum Gasteiger partial charge on any atom is 0.0175 e. The Bertz CT molecular complexity index is 367. The van der Waals surface area contributed by atoms with E-state index in [1.165, 1.54) is 48.8 Å². The van der Waals surface area contributed by atoms with Crippen LogP contribution in [-0.2, 0) is 0 Å². The summed E-state index contributed by atoms with van der Waals surface area (Å²) < 4.78 is 1.18. The molecule has 1 spiro atoms. The van der Waals surface area contributed by atoms with Crippen molar-refractivity contribution in [3.05, 3.63) is 34.3 Å². The van der Waals surface area contributed by atoms with Gasteiger partial charge in [0, 0.05) is 16.9 Å². The van der Waals surface area contributed by atoms with Gasteiger partial charge in [0.1, 0.15) is 0 Å².